The second kappa shape index (κ2) is 9.72. The van der Waals surface area contributed by atoms with Gasteiger partial charge in [-0.15, -0.1) is 0 Å². The van der Waals surface area contributed by atoms with E-state index in [1.165, 1.54) is 7.11 Å². The van der Waals surface area contributed by atoms with Gasteiger partial charge in [-0.25, -0.2) is 14.6 Å². The van der Waals surface area contributed by atoms with Crippen molar-refractivity contribution < 1.29 is 23.8 Å². The maximum atomic E-state index is 13.3. The highest BCUT2D eigenvalue weighted by Gasteiger charge is 2.36. The highest BCUT2D eigenvalue weighted by Crippen LogP contribution is 2.37. The Morgan fingerprint density at radius 3 is 2.45 bits per heavy atom. The summed E-state index contributed by atoms with van der Waals surface area (Å²) in [6.45, 7) is 4.44. The number of benzene rings is 1. The van der Waals surface area contributed by atoms with Crippen LogP contribution in [-0.2, 0) is 16.0 Å². The van der Waals surface area contributed by atoms with E-state index >= 15 is 0 Å². The first-order valence-corrected chi connectivity index (χ1v) is 10.3. The monoisotopic (exact) mass is 430 g/mol. The van der Waals surface area contributed by atoms with Crippen LogP contribution in [0.4, 0.5) is 4.79 Å². The molecule has 0 saturated heterocycles. The summed E-state index contributed by atoms with van der Waals surface area (Å²) >= 11 is 0. The van der Waals surface area contributed by atoms with Crippen LogP contribution in [0.25, 0.3) is 0 Å². The van der Waals surface area contributed by atoms with Gasteiger partial charge in [0.25, 0.3) is 0 Å². The quantitative estimate of drug-likeness (QED) is 0.654. The molecule has 1 aromatic carbocycles. The second-order valence-corrected chi connectivity index (χ2v) is 7.91. The predicted octanol–water partition coefficient (Wildman–Crippen LogP) is 2.67. The second-order valence-electron chi connectivity index (χ2n) is 7.91. The molecular formula is C22H30N4O5. The van der Waals surface area contributed by atoms with Crippen molar-refractivity contribution in [2.24, 2.45) is 5.92 Å². The maximum absolute atomic E-state index is 13.3. The fourth-order valence-corrected chi connectivity index (χ4v) is 3.88. The van der Waals surface area contributed by atoms with Crippen molar-refractivity contribution in [1.29, 1.82) is 0 Å². The minimum absolute atomic E-state index is 0.210. The lowest BCUT2D eigenvalue weighted by atomic mass is 9.95. The van der Waals surface area contributed by atoms with E-state index in [0.29, 0.717) is 30.9 Å². The third-order valence-corrected chi connectivity index (χ3v) is 5.37. The molecule has 0 radical (unpaired) electrons. The first kappa shape index (κ1) is 22.5. The first-order chi connectivity index (χ1) is 14.9. The van der Waals surface area contributed by atoms with Crippen LogP contribution in [0, 0.1) is 5.92 Å². The Kier molecular flexibility index (Phi) is 7.04. The molecule has 9 heteroatoms. The molecule has 2 atom stereocenters. The number of amides is 2. The van der Waals surface area contributed by atoms with Gasteiger partial charge in [0.05, 0.1) is 33.4 Å². The number of hydrogen-bond acceptors (Lipinski definition) is 6. The molecule has 1 aliphatic rings. The van der Waals surface area contributed by atoms with E-state index in [-0.39, 0.29) is 11.9 Å². The van der Waals surface area contributed by atoms with Crippen LogP contribution >= 0.6 is 0 Å². The predicted molar refractivity (Wildman–Crippen MR) is 114 cm³/mol. The van der Waals surface area contributed by atoms with E-state index in [4.69, 9.17) is 14.2 Å². The summed E-state index contributed by atoms with van der Waals surface area (Å²) in [6, 6.07) is 3.97. The lowest BCUT2D eigenvalue weighted by Crippen LogP contribution is -2.51. The molecule has 31 heavy (non-hydrogen) atoms. The minimum atomic E-state index is -0.724. The number of hydrogen-bond donors (Lipinski definition) is 2. The minimum Gasteiger partial charge on any atom is -0.497 e. The Bertz CT molecular complexity index is 904. The molecule has 0 spiro atoms. The Morgan fingerprint density at radius 2 is 1.87 bits per heavy atom. The van der Waals surface area contributed by atoms with E-state index < -0.39 is 18.1 Å². The van der Waals surface area contributed by atoms with Crippen LogP contribution in [0.15, 0.2) is 24.5 Å². The topological polar surface area (TPSA) is 106 Å². The van der Waals surface area contributed by atoms with Crippen molar-refractivity contribution in [3.05, 3.63) is 41.5 Å². The van der Waals surface area contributed by atoms with Gasteiger partial charge in [0, 0.05) is 24.7 Å². The average molecular weight is 431 g/mol. The number of esters is 1. The molecule has 168 valence electrons. The fraction of sp³-hybridized carbons (Fsp3) is 0.500. The normalized spacial score (nSPS) is 16.5. The van der Waals surface area contributed by atoms with Gasteiger partial charge >= 0.3 is 12.0 Å². The standard InChI is InChI=1S/C22H30N4O5/c1-13(2)8-18(21(27)31-5)25-22(28)26-7-6-17-19(24-12-23-17)20(26)14-9-15(29-3)11-16(10-14)30-4/h9-13,18,20H,6-8H2,1-5H3,(H,23,24)(H,25,28)/t18-,20?/m0/s1. The summed E-state index contributed by atoms with van der Waals surface area (Å²) in [7, 11) is 4.48. The van der Waals surface area contributed by atoms with E-state index in [1.54, 1.807) is 31.5 Å². The summed E-state index contributed by atoms with van der Waals surface area (Å²) in [6.07, 6.45) is 2.75. The van der Waals surface area contributed by atoms with Crippen molar-refractivity contribution in [3.63, 3.8) is 0 Å². The molecule has 0 saturated carbocycles. The van der Waals surface area contributed by atoms with Gasteiger partial charge < -0.3 is 29.4 Å². The number of methoxy groups -OCH3 is 3. The molecule has 1 aromatic heterocycles. The summed E-state index contributed by atoms with van der Waals surface area (Å²) in [5.74, 6) is 0.982. The van der Waals surface area contributed by atoms with Crippen molar-refractivity contribution in [1.82, 2.24) is 20.2 Å². The smallest absolute Gasteiger partial charge is 0.328 e. The van der Waals surface area contributed by atoms with Crippen LogP contribution < -0.4 is 14.8 Å². The van der Waals surface area contributed by atoms with Gasteiger partial charge in [-0.3, -0.25) is 0 Å². The van der Waals surface area contributed by atoms with Gasteiger partial charge in [-0.05, 0) is 30.0 Å². The van der Waals surface area contributed by atoms with Crippen LogP contribution in [0.2, 0.25) is 0 Å². The number of nitrogens with one attached hydrogen (secondary N) is 2. The lowest BCUT2D eigenvalue weighted by Gasteiger charge is -2.36. The molecule has 2 heterocycles. The molecule has 9 nitrogen and oxygen atoms in total. The molecule has 0 fully saturated rings. The molecule has 0 aliphatic carbocycles. The number of ether oxygens (including phenoxy) is 3. The van der Waals surface area contributed by atoms with Gasteiger partial charge in [0.15, 0.2) is 0 Å². The number of carbonyl (C=O) groups excluding carboxylic acids is 2. The maximum Gasteiger partial charge on any atom is 0.328 e. The number of nitrogens with zero attached hydrogens (tertiary/aromatic N) is 2. The van der Waals surface area contributed by atoms with E-state index in [1.807, 2.05) is 26.0 Å². The van der Waals surface area contributed by atoms with Gasteiger partial charge in [0.1, 0.15) is 23.6 Å². The highest BCUT2D eigenvalue weighted by molar-refractivity contribution is 5.84. The van der Waals surface area contributed by atoms with Crippen LogP contribution in [0.1, 0.15) is 43.3 Å². The summed E-state index contributed by atoms with van der Waals surface area (Å²) in [5.41, 5.74) is 2.54. The number of H-pyrrole nitrogens is 1. The van der Waals surface area contributed by atoms with Gasteiger partial charge in [-0.1, -0.05) is 13.8 Å². The average Bonchev–Trinajstić information content (AvgIpc) is 3.25. The molecule has 2 aromatic rings. The number of carbonyl (C=O) groups is 2. The summed E-state index contributed by atoms with van der Waals surface area (Å²) in [4.78, 5) is 34.9. The van der Waals surface area contributed by atoms with E-state index in [9.17, 15) is 9.59 Å². The van der Waals surface area contributed by atoms with Gasteiger partial charge in [0.2, 0.25) is 0 Å². The van der Waals surface area contributed by atoms with Crippen LogP contribution in [0.3, 0.4) is 0 Å². The molecule has 2 amide bonds. The number of aromatic nitrogens is 2. The summed E-state index contributed by atoms with van der Waals surface area (Å²) < 4.78 is 15.7. The number of urea groups is 1. The highest BCUT2D eigenvalue weighted by atomic mass is 16.5. The number of rotatable bonds is 7. The van der Waals surface area contributed by atoms with Crippen molar-refractivity contribution >= 4 is 12.0 Å². The largest absolute Gasteiger partial charge is 0.497 e. The number of fused-ring (bicyclic) bond motifs is 1. The van der Waals surface area contributed by atoms with Crippen molar-refractivity contribution in [2.75, 3.05) is 27.9 Å². The van der Waals surface area contributed by atoms with Gasteiger partial charge in [-0.2, -0.15) is 0 Å². The SMILES string of the molecule is COC(=O)[C@H](CC(C)C)NC(=O)N1CCc2[nH]cnc2C1c1cc(OC)cc(OC)c1. The molecule has 0 bridgehead atoms. The Labute approximate surface area is 182 Å². The molecular weight excluding hydrogens is 400 g/mol. The van der Waals surface area contributed by atoms with Crippen molar-refractivity contribution in [3.8, 4) is 11.5 Å². The number of imidazole rings is 1. The zero-order chi connectivity index (χ0) is 22.5. The van der Waals surface area contributed by atoms with Crippen molar-refractivity contribution in [2.45, 2.75) is 38.8 Å². The summed E-state index contributed by atoms with van der Waals surface area (Å²) in [5, 5.41) is 2.86. The zero-order valence-electron chi connectivity index (χ0n) is 18.6. The number of aromatic amines is 1. The van der Waals surface area contributed by atoms with E-state index in [2.05, 4.69) is 15.3 Å². The fourth-order valence-electron chi connectivity index (χ4n) is 3.88. The Hall–Kier alpha value is -3.23. The zero-order valence-corrected chi connectivity index (χ0v) is 18.6. The molecule has 1 unspecified atom stereocenters. The molecule has 1 aliphatic heterocycles. The Balaban J connectivity index is 1.97. The lowest BCUT2D eigenvalue weighted by molar-refractivity contribution is -0.143. The van der Waals surface area contributed by atoms with Crippen LogP contribution in [-0.4, -0.2) is 60.8 Å². The molecule has 2 N–H and O–H groups in total. The Morgan fingerprint density at radius 1 is 1.19 bits per heavy atom. The first-order valence-electron chi connectivity index (χ1n) is 10.3. The third-order valence-electron chi connectivity index (χ3n) is 5.37. The third kappa shape index (κ3) is 4.92. The molecule has 3 rings (SSSR count). The van der Waals surface area contributed by atoms with Crippen LogP contribution in [0.5, 0.6) is 11.5 Å². The van der Waals surface area contributed by atoms with E-state index in [0.717, 1.165) is 17.0 Å².